The Morgan fingerprint density at radius 3 is 1.20 bits per heavy atom. The third-order valence-corrected chi connectivity index (χ3v) is 1.31. The van der Waals surface area contributed by atoms with E-state index < -0.39 is 17.2 Å². The van der Waals surface area contributed by atoms with Crippen LogP contribution in [0.15, 0.2) is 0 Å². The van der Waals surface area contributed by atoms with Crippen LogP contribution in [0.25, 0.3) is 0 Å². The maximum atomic E-state index is 7.82. The van der Waals surface area contributed by atoms with Gasteiger partial charge in [0.1, 0.15) is 0 Å². The normalized spacial score (nSPS) is 9.60. The van der Waals surface area contributed by atoms with Crippen LogP contribution < -0.4 is 4.35 Å². The van der Waals surface area contributed by atoms with Gasteiger partial charge in [-0.05, 0) is 23.6 Å². The van der Waals surface area contributed by atoms with Crippen LogP contribution in [0, 0.1) is 0 Å². The highest BCUT2D eigenvalue weighted by atomic mass is 35.5. The van der Waals surface area contributed by atoms with Gasteiger partial charge in [0.05, 0.1) is 0 Å². The summed E-state index contributed by atoms with van der Waals surface area (Å²) >= 11 is 9.03. The molecule has 0 fully saturated rings. The SMILES string of the molecule is ClNCl.OP(O)OP(O)O. The molecule has 0 saturated heterocycles. The second kappa shape index (κ2) is 10.2. The van der Waals surface area contributed by atoms with Gasteiger partial charge in [0.2, 0.25) is 0 Å². The van der Waals surface area contributed by atoms with E-state index in [0.717, 1.165) is 0 Å². The average molecular weight is 232 g/mol. The fourth-order valence-corrected chi connectivity index (χ4v) is 0.588. The predicted octanol–water partition coefficient (Wildman–Crippen LogP) is 0.310. The first-order valence-electron chi connectivity index (χ1n) is 1.54. The molecule has 0 radical (unpaired) electrons. The van der Waals surface area contributed by atoms with Crippen LogP contribution >= 0.6 is 40.8 Å². The number of rotatable bonds is 2. The van der Waals surface area contributed by atoms with Crippen LogP contribution in [0.5, 0.6) is 0 Å². The topological polar surface area (TPSA) is 102 Å². The molecule has 0 bridgehead atoms. The van der Waals surface area contributed by atoms with E-state index in [1.165, 1.54) is 0 Å². The second-order valence-corrected chi connectivity index (χ2v) is 2.89. The molecule has 0 unspecified atom stereocenters. The lowest BCUT2D eigenvalue weighted by Crippen LogP contribution is -1.73. The maximum absolute atomic E-state index is 7.82. The van der Waals surface area contributed by atoms with Crippen molar-refractivity contribution in [1.82, 2.24) is 4.35 Å². The molecule has 0 aliphatic rings. The molecule has 0 amide bonds. The van der Waals surface area contributed by atoms with Crippen molar-refractivity contribution < 1.29 is 23.9 Å². The number of hydrogen-bond donors (Lipinski definition) is 5. The molecule has 6 nitrogen and oxygen atoms in total. The highest BCUT2D eigenvalue weighted by Gasteiger charge is 2.05. The molecule has 0 aromatic carbocycles. The van der Waals surface area contributed by atoms with Gasteiger partial charge >= 0.3 is 17.2 Å². The van der Waals surface area contributed by atoms with Gasteiger partial charge < -0.3 is 19.6 Å². The van der Waals surface area contributed by atoms with Crippen molar-refractivity contribution in [2.45, 2.75) is 0 Å². The van der Waals surface area contributed by atoms with Crippen molar-refractivity contribution in [2.75, 3.05) is 0 Å². The summed E-state index contributed by atoms with van der Waals surface area (Å²) in [6.07, 6.45) is 0. The van der Waals surface area contributed by atoms with Crippen LogP contribution in [0.3, 0.4) is 0 Å². The van der Waals surface area contributed by atoms with Crippen molar-refractivity contribution >= 4 is 40.8 Å². The zero-order valence-electron chi connectivity index (χ0n) is 4.35. The molecule has 10 heavy (non-hydrogen) atoms. The number of halogens is 2. The van der Waals surface area contributed by atoms with Crippen LogP contribution in [0.2, 0.25) is 0 Å². The molecule has 0 atom stereocenters. The molecule has 0 spiro atoms. The fourth-order valence-electron chi connectivity index (χ4n) is 0.0653. The third-order valence-electron chi connectivity index (χ3n) is 0.146. The van der Waals surface area contributed by atoms with Gasteiger partial charge in [-0.15, -0.1) is 4.35 Å². The summed E-state index contributed by atoms with van der Waals surface area (Å²) in [5, 5.41) is 0. The Morgan fingerprint density at radius 2 is 1.20 bits per heavy atom. The molecule has 0 aliphatic heterocycles. The van der Waals surface area contributed by atoms with Gasteiger partial charge in [-0.25, -0.2) is 4.31 Å². The zero-order valence-corrected chi connectivity index (χ0v) is 7.65. The Kier molecular flexibility index (Phi) is 14.0. The molecule has 64 valence electrons. The standard InChI is InChI=1S/Cl2HN.H4O5P2/c1-3-2;1-6(2)5-7(3)4/h3H;1-4H. The first-order valence-corrected chi connectivity index (χ1v) is 4.63. The van der Waals surface area contributed by atoms with E-state index in [4.69, 9.17) is 19.6 Å². The van der Waals surface area contributed by atoms with Gasteiger partial charge in [-0.3, -0.25) is 0 Å². The van der Waals surface area contributed by atoms with E-state index in [1.54, 1.807) is 4.35 Å². The Morgan fingerprint density at radius 1 is 1.00 bits per heavy atom. The summed E-state index contributed by atoms with van der Waals surface area (Å²) in [5.41, 5.74) is 0. The molecule has 0 rings (SSSR count). The largest absolute Gasteiger partial charge is 0.334 e. The number of nitrogens with one attached hydrogen (secondary N) is 1. The van der Waals surface area contributed by atoms with E-state index in [9.17, 15) is 0 Å². The van der Waals surface area contributed by atoms with Crippen LogP contribution in [0.1, 0.15) is 0 Å². The third kappa shape index (κ3) is 22.9. The average Bonchev–Trinajstić information content (AvgIpc) is 1.62. The lowest BCUT2D eigenvalue weighted by atomic mass is 13.9. The molecular formula is H5Cl2NO5P2. The van der Waals surface area contributed by atoms with Crippen LogP contribution in [0.4, 0.5) is 0 Å². The van der Waals surface area contributed by atoms with Gasteiger partial charge in [0.25, 0.3) is 0 Å². The van der Waals surface area contributed by atoms with Gasteiger partial charge in [0.15, 0.2) is 0 Å². The minimum atomic E-state index is -2.61. The van der Waals surface area contributed by atoms with Crippen LogP contribution in [-0.4, -0.2) is 19.6 Å². The van der Waals surface area contributed by atoms with E-state index >= 15 is 0 Å². The lowest BCUT2D eigenvalue weighted by Gasteiger charge is -2.00. The van der Waals surface area contributed by atoms with E-state index in [0.29, 0.717) is 0 Å². The van der Waals surface area contributed by atoms with Crippen molar-refractivity contribution in [1.29, 1.82) is 0 Å². The molecule has 0 aliphatic carbocycles. The molecular weight excluding hydrogens is 227 g/mol. The van der Waals surface area contributed by atoms with Crippen molar-refractivity contribution in [3.8, 4) is 0 Å². The first-order chi connectivity index (χ1) is 4.54. The molecule has 0 aromatic rings. The molecule has 0 aromatic heterocycles. The monoisotopic (exact) mass is 231 g/mol. The lowest BCUT2D eigenvalue weighted by molar-refractivity contribution is 0.324. The molecule has 0 saturated carbocycles. The van der Waals surface area contributed by atoms with Crippen molar-refractivity contribution in [2.24, 2.45) is 0 Å². The van der Waals surface area contributed by atoms with E-state index in [1.807, 2.05) is 0 Å². The summed E-state index contributed by atoms with van der Waals surface area (Å²) in [7, 11) is -5.22. The summed E-state index contributed by atoms with van der Waals surface area (Å²) < 4.78 is 5.30. The van der Waals surface area contributed by atoms with Crippen molar-refractivity contribution in [3.63, 3.8) is 0 Å². The first kappa shape index (κ1) is 13.8. The quantitative estimate of drug-likeness (QED) is 0.346. The molecule has 5 N–H and O–H groups in total. The van der Waals surface area contributed by atoms with Crippen molar-refractivity contribution in [3.05, 3.63) is 0 Å². The van der Waals surface area contributed by atoms with Gasteiger partial charge in [0, 0.05) is 0 Å². The maximum Gasteiger partial charge on any atom is 0.334 e. The van der Waals surface area contributed by atoms with Crippen LogP contribution in [-0.2, 0) is 4.31 Å². The summed E-state index contributed by atoms with van der Waals surface area (Å²) in [6, 6.07) is 0. The number of hydrogen-bond acceptors (Lipinski definition) is 6. The molecule has 0 heterocycles. The summed E-state index contributed by atoms with van der Waals surface area (Å²) in [4.78, 5) is 31.3. The Hall–Kier alpha value is 1.20. The fraction of sp³-hybridized carbons (Fsp3) is 0. The Balaban J connectivity index is 0. The summed E-state index contributed by atoms with van der Waals surface area (Å²) in [5.74, 6) is 0. The Bertz CT molecular complexity index is 55.6. The highest BCUT2D eigenvalue weighted by Crippen LogP contribution is 2.41. The van der Waals surface area contributed by atoms with E-state index in [-0.39, 0.29) is 0 Å². The van der Waals surface area contributed by atoms with Gasteiger partial charge in [-0.2, -0.15) is 0 Å². The Labute approximate surface area is 69.6 Å². The highest BCUT2D eigenvalue weighted by molar-refractivity contribution is 7.53. The second-order valence-electron chi connectivity index (χ2n) is 0.659. The smallest absolute Gasteiger partial charge is 0.328 e. The summed E-state index contributed by atoms with van der Waals surface area (Å²) in [6.45, 7) is 0. The van der Waals surface area contributed by atoms with E-state index in [2.05, 4.69) is 27.9 Å². The minimum absolute atomic E-state index is 1.69. The van der Waals surface area contributed by atoms with Gasteiger partial charge in [-0.1, -0.05) is 0 Å². The molecule has 10 heteroatoms. The zero-order chi connectivity index (χ0) is 8.57. The minimum Gasteiger partial charge on any atom is -0.328 e. The predicted molar refractivity (Wildman–Crippen MR) is 38.6 cm³/mol.